The minimum atomic E-state index is -0.364. The predicted octanol–water partition coefficient (Wildman–Crippen LogP) is 3.64. The topological polar surface area (TPSA) is 38.3 Å². The number of benzene rings is 2. The van der Waals surface area contributed by atoms with Gasteiger partial charge in [-0.25, -0.2) is 4.79 Å². The molecule has 1 N–H and O–H groups in total. The molecule has 0 aliphatic heterocycles. The average Bonchev–Trinajstić information content (AvgIpc) is 2.57. The maximum absolute atomic E-state index is 12.0. The monoisotopic (exact) mass is 295 g/mol. The molecule has 3 heteroatoms. The fourth-order valence-electron chi connectivity index (χ4n) is 2.25. The van der Waals surface area contributed by atoms with Gasteiger partial charge in [0.05, 0.1) is 18.2 Å². The SMILES string of the molecule is C=C(C(=O)OCC)[C@H](NCc1ccccc1)c1ccccc1. The van der Waals surface area contributed by atoms with E-state index in [9.17, 15) is 4.79 Å². The van der Waals surface area contributed by atoms with Gasteiger partial charge in [0.2, 0.25) is 0 Å². The van der Waals surface area contributed by atoms with Gasteiger partial charge < -0.3 is 10.1 Å². The van der Waals surface area contributed by atoms with Crippen molar-refractivity contribution < 1.29 is 9.53 Å². The zero-order valence-electron chi connectivity index (χ0n) is 12.8. The lowest BCUT2D eigenvalue weighted by atomic mass is 9.99. The highest BCUT2D eigenvalue weighted by Gasteiger charge is 2.21. The minimum Gasteiger partial charge on any atom is -0.463 e. The Labute approximate surface area is 131 Å². The first-order chi connectivity index (χ1) is 10.7. The summed E-state index contributed by atoms with van der Waals surface area (Å²) in [6.45, 7) is 6.71. The lowest BCUT2D eigenvalue weighted by Crippen LogP contribution is -2.26. The second kappa shape index (κ2) is 8.15. The first kappa shape index (κ1) is 16.0. The van der Waals surface area contributed by atoms with Gasteiger partial charge in [0.15, 0.2) is 0 Å². The van der Waals surface area contributed by atoms with Crippen molar-refractivity contribution in [2.45, 2.75) is 19.5 Å². The predicted molar refractivity (Wildman–Crippen MR) is 88.2 cm³/mol. The Balaban J connectivity index is 2.15. The standard InChI is InChI=1S/C19H21NO2/c1-3-22-19(21)15(2)18(17-12-8-5-9-13-17)20-14-16-10-6-4-7-11-16/h4-13,18,20H,2-3,14H2,1H3/t18-/m0/s1. The number of ether oxygens (including phenoxy) is 1. The van der Waals surface area contributed by atoms with Crippen molar-refractivity contribution in [1.82, 2.24) is 5.32 Å². The molecule has 0 saturated heterocycles. The van der Waals surface area contributed by atoms with Gasteiger partial charge in [0, 0.05) is 6.54 Å². The van der Waals surface area contributed by atoms with Crippen LogP contribution in [0.15, 0.2) is 72.8 Å². The summed E-state index contributed by atoms with van der Waals surface area (Å²) in [7, 11) is 0. The van der Waals surface area contributed by atoms with Gasteiger partial charge in [0.25, 0.3) is 0 Å². The number of hydrogen-bond donors (Lipinski definition) is 1. The van der Waals surface area contributed by atoms with E-state index in [2.05, 4.69) is 11.9 Å². The van der Waals surface area contributed by atoms with Crippen LogP contribution < -0.4 is 5.32 Å². The molecular weight excluding hydrogens is 274 g/mol. The highest BCUT2D eigenvalue weighted by Crippen LogP contribution is 2.22. The Hall–Kier alpha value is -2.39. The van der Waals surface area contributed by atoms with Crippen molar-refractivity contribution in [3.8, 4) is 0 Å². The van der Waals surface area contributed by atoms with Crippen molar-refractivity contribution in [3.63, 3.8) is 0 Å². The molecule has 2 aromatic carbocycles. The molecule has 0 heterocycles. The summed E-state index contributed by atoms with van der Waals surface area (Å²) >= 11 is 0. The summed E-state index contributed by atoms with van der Waals surface area (Å²) in [5.41, 5.74) is 2.57. The molecule has 0 radical (unpaired) electrons. The number of esters is 1. The van der Waals surface area contributed by atoms with E-state index in [1.165, 1.54) is 0 Å². The summed E-state index contributed by atoms with van der Waals surface area (Å²) in [5.74, 6) is -0.364. The Bertz CT molecular complexity index is 608. The van der Waals surface area contributed by atoms with E-state index in [1.807, 2.05) is 60.7 Å². The molecule has 3 nitrogen and oxygen atoms in total. The zero-order chi connectivity index (χ0) is 15.8. The molecule has 0 spiro atoms. The van der Waals surface area contributed by atoms with Crippen LogP contribution in [0.5, 0.6) is 0 Å². The van der Waals surface area contributed by atoms with E-state index >= 15 is 0 Å². The first-order valence-electron chi connectivity index (χ1n) is 7.40. The number of hydrogen-bond acceptors (Lipinski definition) is 3. The molecule has 2 aromatic rings. The van der Waals surface area contributed by atoms with Gasteiger partial charge in [-0.2, -0.15) is 0 Å². The normalized spacial score (nSPS) is 11.7. The molecule has 2 rings (SSSR count). The molecule has 0 aliphatic rings. The number of carbonyl (C=O) groups excluding carboxylic acids is 1. The molecule has 0 aromatic heterocycles. The molecule has 1 atom stereocenters. The molecule has 0 saturated carbocycles. The fraction of sp³-hybridized carbons (Fsp3) is 0.211. The zero-order valence-corrected chi connectivity index (χ0v) is 12.8. The van der Waals surface area contributed by atoms with Crippen LogP contribution in [-0.2, 0) is 16.1 Å². The highest BCUT2D eigenvalue weighted by molar-refractivity contribution is 5.89. The smallest absolute Gasteiger partial charge is 0.335 e. The Morgan fingerprint density at radius 1 is 1.09 bits per heavy atom. The molecule has 0 amide bonds. The van der Waals surface area contributed by atoms with Crippen LogP contribution in [0.2, 0.25) is 0 Å². The summed E-state index contributed by atoms with van der Waals surface area (Å²) < 4.78 is 5.08. The fourth-order valence-corrected chi connectivity index (χ4v) is 2.25. The lowest BCUT2D eigenvalue weighted by molar-refractivity contribution is -0.138. The van der Waals surface area contributed by atoms with Gasteiger partial charge in [-0.1, -0.05) is 67.2 Å². The van der Waals surface area contributed by atoms with Gasteiger partial charge in [0.1, 0.15) is 0 Å². The van der Waals surface area contributed by atoms with Crippen LogP contribution >= 0.6 is 0 Å². The van der Waals surface area contributed by atoms with Gasteiger partial charge >= 0.3 is 5.97 Å². The average molecular weight is 295 g/mol. The summed E-state index contributed by atoms with van der Waals surface area (Å²) in [6.07, 6.45) is 0. The number of rotatable bonds is 7. The van der Waals surface area contributed by atoms with E-state index in [4.69, 9.17) is 4.74 Å². The Morgan fingerprint density at radius 2 is 1.68 bits per heavy atom. The first-order valence-corrected chi connectivity index (χ1v) is 7.40. The molecule has 0 bridgehead atoms. The third kappa shape index (κ3) is 4.30. The van der Waals surface area contributed by atoms with E-state index in [-0.39, 0.29) is 12.0 Å². The van der Waals surface area contributed by atoms with Gasteiger partial charge in [-0.15, -0.1) is 0 Å². The van der Waals surface area contributed by atoms with Crippen LogP contribution in [0, 0.1) is 0 Å². The van der Waals surface area contributed by atoms with Crippen molar-refractivity contribution in [3.05, 3.63) is 83.9 Å². The maximum Gasteiger partial charge on any atom is 0.335 e. The quantitative estimate of drug-likeness (QED) is 0.626. The largest absolute Gasteiger partial charge is 0.463 e. The Morgan fingerprint density at radius 3 is 2.27 bits per heavy atom. The van der Waals surface area contributed by atoms with E-state index in [0.717, 1.165) is 11.1 Å². The molecule has 0 aliphatic carbocycles. The van der Waals surface area contributed by atoms with Crippen LogP contribution in [0.3, 0.4) is 0 Å². The summed E-state index contributed by atoms with van der Waals surface area (Å²) in [4.78, 5) is 12.0. The number of carbonyl (C=O) groups is 1. The third-order valence-electron chi connectivity index (χ3n) is 3.37. The van der Waals surface area contributed by atoms with Crippen LogP contribution in [0.25, 0.3) is 0 Å². The highest BCUT2D eigenvalue weighted by atomic mass is 16.5. The minimum absolute atomic E-state index is 0.263. The molecular formula is C19H21NO2. The number of nitrogens with one attached hydrogen (secondary N) is 1. The second-order valence-corrected chi connectivity index (χ2v) is 4.96. The lowest BCUT2D eigenvalue weighted by Gasteiger charge is -2.20. The van der Waals surface area contributed by atoms with Crippen LogP contribution in [-0.4, -0.2) is 12.6 Å². The summed E-state index contributed by atoms with van der Waals surface area (Å²) in [6, 6.07) is 19.6. The van der Waals surface area contributed by atoms with Crippen LogP contribution in [0.1, 0.15) is 24.1 Å². The van der Waals surface area contributed by atoms with Crippen LogP contribution in [0.4, 0.5) is 0 Å². The molecule has 114 valence electrons. The van der Waals surface area contributed by atoms with E-state index in [0.29, 0.717) is 18.7 Å². The molecule has 0 fully saturated rings. The second-order valence-electron chi connectivity index (χ2n) is 4.96. The van der Waals surface area contributed by atoms with E-state index < -0.39 is 0 Å². The molecule has 0 unspecified atom stereocenters. The van der Waals surface area contributed by atoms with E-state index in [1.54, 1.807) is 6.92 Å². The van der Waals surface area contributed by atoms with Gasteiger partial charge in [-0.05, 0) is 18.1 Å². The third-order valence-corrected chi connectivity index (χ3v) is 3.37. The van der Waals surface area contributed by atoms with Crippen molar-refractivity contribution in [1.29, 1.82) is 0 Å². The van der Waals surface area contributed by atoms with Crippen molar-refractivity contribution in [2.75, 3.05) is 6.61 Å². The summed E-state index contributed by atoms with van der Waals surface area (Å²) in [5, 5.41) is 3.39. The maximum atomic E-state index is 12.0. The Kier molecular flexibility index (Phi) is 5.92. The van der Waals surface area contributed by atoms with Gasteiger partial charge in [-0.3, -0.25) is 0 Å². The molecule has 22 heavy (non-hydrogen) atoms. The van der Waals surface area contributed by atoms with Crippen molar-refractivity contribution in [2.24, 2.45) is 0 Å². The van der Waals surface area contributed by atoms with Crippen molar-refractivity contribution >= 4 is 5.97 Å².